The Hall–Kier alpha value is -1.34. The van der Waals surface area contributed by atoms with E-state index in [4.69, 9.17) is 0 Å². The van der Waals surface area contributed by atoms with Crippen molar-refractivity contribution in [2.45, 2.75) is 6.10 Å². The molecule has 1 aromatic carbocycles. The Balaban J connectivity index is 2.75. The zero-order valence-electron chi connectivity index (χ0n) is 6.64. The van der Waals surface area contributed by atoms with Gasteiger partial charge < -0.3 is 5.11 Å². The summed E-state index contributed by atoms with van der Waals surface area (Å²) in [4.78, 5) is 0. The fourth-order valence-corrected chi connectivity index (χ4v) is 1.33. The molecule has 0 amide bonds. The molecule has 1 unspecified atom stereocenters. The first-order valence-corrected chi connectivity index (χ1v) is 4.00. The lowest BCUT2D eigenvalue weighted by Crippen LogP contribution is -2.24. The van der Waals surface area contributed by atoms with E-state index in [1.54, 1.807) is 6.08 Å². The third kappa shape index (κ3) is 1.31. The van der Waals surface area contributed by atoms with Gasteiger partial charge in [-0.15, -0.1) is 0 Å². The van der Waals surface area contributed by atoms with Gasteiger partial charge in [-0.1, -0.05) is 42.5 Å². The number of rotatable bonds is 0. The molecule has 1 atom stereocenters. The van der Waals surface area contributed by atoms with Crippen molar-refractivity contribution in [3.05, 3.63) is 46.9 Å². The number of fused-ring (bicyclic) bond motifs is 1. The molecule has 0 saturated heterocycles. The molecule has 1 aromatic rings. The summed E-state index contributed by atoms with van der Waals surface area (Å²) in [5, 5.41) is 11.6. The van der Waals surface area contributed by atoms with Crippen LogP contribution in [0, 0.1) is 0 Å². The minimum absolute atomic E-state index is 0.454. The first-order valence-electron chi connectivity index (χ1n) is 4.00. The van der Waals surface area contributed by atoms with Crippen molar-refractivity contribution in [1.29, 1.82) is 0 Å². The molecule has 0 aromatic heterocycles. The summed E-state index contributed by atoms with van der Waals surface area (Å²) in [5.41, 5.74) is 0. The van der Waals surface area contributed by atoms with E-state index in [1.807, 2.05) is 42.5 Å². The zero-order chi connectivity index (χ0) is 8.39. The van der Waals surface area contributed by atoms with Crippen LogP contribution in [-0.2, 0) is 0 Å². The number of benzene rings is 1. The summed E-state index contributed by atoms with van der Waals surface area (Å²) in [5.74, 6) is 0. The van der Waals surface area contributed by atoms with E-state index in [0.29, 0.717) is 0 Å². The molecule has 1 heteroatoms. The molecule has 0 bridgehead atoms. The van der Waals surface area contributed by atoms with Crippen LogP contribution in [0.4, 0.5) is 0 Å². The molecule has 1 N–H and O–H groups in total. The lowest BCUT2D eigenvalue weighted by Gasteiger charge is -1.93. The molecular formula is C11H10O. The molecule has 0 heterocycles. The minimum Gasteiger partial charge on any atom is -0.385 e. The maximum atomic E-state index is 9.37. The molecule has 0 spiro atoms. The summed E-state index contributed by atoms with van der Waals surface area (Å²) in [6, 6.07) is 8.01. The average molecular weight is 158 g/mol. The molecular weight excluding hydrogens is 148 g/mol. The maximum Gasteiger partial charge on any atom is 0.0914 e. The number of allylic oxidation sites excluding steroid dienone is 1. The summed E-state index contributed by atoms with van der Waals surface area (Å²) in [7, 11) is 0. The van der Waals surface area contributed by atoms with Gasteiger partial charge in [0, 0.05) is 0 Å². The van der Waals surface area contributed by atoms with Crippen LogP contribution in [-0.4, -0.2) is 11.2 Å². The Bertz CT molecular complexity index is 415. The lowest BCUT2D eigenvalue weighted by molar-refractivity contribution is 0.286. The van der Waals surface area contributed by atoms with Crippen molar-refractivity contribution >= 4 is 12.2 Å². The highest BCUT2D eigenvalue weighted by molar-refractivity contribution is 5.46. The number of aliphatic hydroxyl groups excluding tert-OH is 1. The minimum atomic E-state index is -0.454. The van der Waals surface area contributed by atoms with E-state index < -0.39 is 6.10 Å². The summed E-state index contributed by atoms with van der Waals surface area (Å²) in [6.07, 6.45) is 7.04. The molecule has 2 rings (SSSR count). The van der Waals surface area contributed by atoms with Gasteiger partial charge in [0.05, 0.1) is 6.10 Å². The Morgan fingerprint density at radius 2 is 1.83 bits per heavy atom. The van der Waals surface area contributed by atoms with E-state index in [1.165, 1.54) is 0 Å². The molecule has 0 aliphatic heterocycles. The van der Waals surface area contributed by atoms with Crippen molar-refractivity contribution in [1.82, 2.24) is 0 Å². The smallest absolute Gasteiger partial charge is 0.0914 e. The lowest BCUT2D eigenvalue weighted by atomic mass is 10.2. The number of hydrogen-bond donors (Lipinski definition) is 1. The molecule has 0 radical (unpaired) electrons. The molecule has 60 valence electrons. The van der Waals surface area contributed by atoms with Crippen LogP contribution in [0.15, 0.2) is 36.4 Å². The second kappa shape index (κ2) is 2.95. The van der Waals surface area contributed by atoms with Gasteiger partial charge in [-0.2, -0.15) is 0 Å². The topological polar surface area (TPSA) is 20.2 Å². The summed E-state index contributed by atoms with van der Waals surface area (Å²) < 4.78 is 0. The normalized spacial score (nSPS) is 20.2. The summed E-state index contributed by atoms with van der Waals surface area (Å²) in [6.45, 7) is 0. The first-order chi connectivity index (χ1) is 5.86. The highest BCUT2D eigenvalue weighted by atomic mass is 16.3. The highest BCUT2D eigenvalue weighted by Crippen LogP contribution is 1.90. The van der Waals surface area contributed by atoms with Gasteiger partial charge >= 0.3 is 0 Å². The SMILES string of the molecule is OC1C=CC=c2ccccc2=C1. The average Bonchev–Trinajstić information content (AvgIpc) is 2.25. The van der Waals surface area contributed by atoms with Gasteiger partial charge in [0.1, 0.15) is 0 Å². The van der Waals surface area contributed by atoms with Crippen LogP contribution in [0.3, 0.4) is 0 Å². The largest absolute Gasteiger partial charge is 0.385 e. The fraction of sp³-hybridized carbons (Fsp3) is 0.0909. The maximum absolute atomic E-state index is 9.37. The molecule has 0 saturated carbocycles. The Labute approximate surface area is 71.0 Å². The fourth-order valence-electron chi connectivity index (χ4n) is 1.33. The summed E-state index contributed by atoms with van der Waals surface area (Å²) >= 11 is 0. The third-order valence-electron chi connectivity index (χ3n) is 1.93. The third-order valence-corrected chi connectivity index (χ3v) is 1.93. The monoisotopic (exact) mass is 158 g/mol. The predicted molar refractivity (Wildman–Crippen MR) is 49.8 cm³/mol. The molecule has 1 nitrogen and oxygen atoms in total. The van der Waals surface area contributed by atoms with Crippen molar-refractivity contribution in [3.63, 3.8) is 0 Å². The first kappa shape index (κ1) is 7.32. The van der Waals surface area contributed by atoms with Crippen molar-refractivity contribution < 1.29 is 5.11 Å². The van der Waals surface area contributed by atoms with Crippen molar-refractivity contribution in [2.24, 2.45) is 0 Å². The van der Waals surface area contributed by atoms with Crippen molar-refractivity contribution in [3.8, 4) is 0 Å². The van der Waals surface area contributed by atoms with Gasteiger partial charge in [-0.05, 0) is 16.5 Å². The van der Waals surface area contributed by atoms with E-state index in [9.17, 15) is 5.11 Å². The van der Waals surface area contributed by atoms with Gasteiger partial charge in [-0.25, -0.2) is 0 Å². The quantitative estimate of drug-likeness (QED) is 0.571. The molecule has 1 aliphatic rings. The van der Waals surface area contributed by atoms with Crippen LogP contribution in [0.1, 0.15) is 0 Å². The second-order valence-corrected chi connectivity index (χ2v) is 2.84. The number of aliphatic hydroxyl groups is 1. The predicted octanol–water partition coefficient (Wildman–Crippen LogP) is 0.178. The van der Waals surface area contributed by atoms with E-state index in [0.717, 1.165) is 10.4 Å². The van der Waals surface area contributed by atoms with Crippen LogP contribution in [0.5, 0.6) is 0 Å². The van der Waals surface area contributed by atoms with Gasteiger partial charge in [0.25, 0.3) is 0 Å². The van der Waals surface area contributed by atoms with Gasteiger partial charge in [-0.3, -0.25) is 0 Å². The molecule has 12 heavy (non-hydrogen) atoms. The second-order valence-electron chi connectivity index (χ2n) is 2.84. The van der Waals surface area contributed by atoms with Crippen LogP contribution in [0.2, 0.25) is 0 Å². The highest BCUT2D eigenvalue weighted by Gasteiger charge is 1.94. The van der Waals surface area contributed by atoms with E-state index in [2.05, 4.69) is 0 Å². The molecule has 0 fully saturated rings. The van der Waals surface area contributed by atoms with Crippen molar-refractivity contribution in [2.75, 3.05) is 0 Å². The Kier molecular flexibility index (Phi) is 1.80. The van der Waals surface area contributed by atoms with Crippen LogP contribution < -0.4 is 10.4 Å². The Morgan fingerprint density at radius 1 is 1.08 bits per heavy atom. The molecule has 1 aliphatic carbocycles. The standard InChI is InChI=1S/C11H10O/c12-11-7-3-6-9-4-1-2-5-10(9)8-11/h1-8,11-12H. The van der Waals surface area contributed by atoms with Gasteiger partial charge in [0.2, 0.25) is 0 Å². The number of hydrogen-bond acceptors (Lipinski definition) is 1. The van der Waals surface area contributed by atoms with E-state index >= 15 is 0 Å². The van der Waals surface area contributed by atoms with Gasteiger partial charge in [0.15, 0.2) is 0 Å². The van der Waals surface area contributed by atoms with Crippen LogP contribution >= 0.6 is 0 Å². The zero-order valence-corrected chi connectivity index (χ0v) is 6.64. The van der Waals surface area contributed by atoms with E-state index in [-0.39, 0.29) is 0 Å². The Morgan fingerprint density at radius 3 is 2.67 bits per heavy atom. The van der Waals surface area contributed by atoms with Crippen LogP contribution in [0.25, 0.3) is 12.2 Å².